The summed E-state index contributed by atoms with van der Waals surface area (Å²) in [5.74, 6) is -0.406. The number of H-pyrrole nitrogens is 1. The highest BCUT2D eigenvalue weighted by Crippen LogP contribution is 2.19. The molecule has 0 aliphatic carbocycles. The number of nitrogens with zero attached hydrogens (tertiary/aromatic N) is 6. The number of carbonyl (C=O) groups excluding carboxylic acids is 1. The lowest BCUT2D eigenvalue weighted by Gasteiger charge is -2.24. The van der Waals surface area contributed by atoms with Crippen LogP contribution in [0.3, 0.4) is 0 Å². The molecule has 0 unspecified atom stereocenters. The summed E-state index contributed by atoms with van der Waals surface area (Å²) in [5, 5.41) is 4.40. The largest absolute Gasteiger partial charge is 0.383 e. The lowest BCUT2D eigenvalue weighted by atomic mass is 10.2. The number of fused-ring (bicyclic) bond motifs is 1. The number of carbonyl (C=O) groups is 1. The van der Waals surface area contributed by atoms with Crippen LogP contribution in [-0.4, -0.2) is 41.3 Å². The molecular formula is C21H30N8O4. The maximum atomic E-state index is 13.2. The van der Waals surface area contributed by atoms with Gasteiger partial charge in [0, 0.05) is 33.1 Å². The lowest BCUT2D eigenvalue weighted by molar-refractivity contribution is -0.118. The average molecular weight is 459 g/mol. The standard InChI is InChI=1S/C21H30N8O4/c1-4-6-9-28(16-17(22)29(10-7-5-2)21(33)25-19(16)31)15(30)8-11-27-13-23-18-14(20(27)32)12-24-26(18)3/h12-13H,4-11,22H2,1-3H3,(H,25,31,33). The Morgan fingerprint density at radius 3 is 2.58 bits per heavy atom. The topological polar surface area (TPSA) is 154 Å². The Balaban J connectivity index is 1.91. The van der Waals surface area contributed by atoms with Crippen molar-refractivity contribution in [2.45, 2.75) is 59.0 Å². The molecule has 0 bridgehead atoms. The van der Waals surface area contributed by atoms with Crippen LogP contribution in [0.15, 0.2) is 26.9 Å². The molecule has 0 saturated carbocycles. The van der Waals surface area contributed by atoms with E-state index in [0.29, 0.717) is 30.4 Å². The minimum atomic E-state index is -0.703. The lowest BCUT2D eigenvalue weighted by Crippen LogP contribution is -2.42. The third-order valence-corrected chi connectivity index (χ3v) is 5.54. The molecular weight excluding hydrogens is 428 g/mol. The number of aryl methyl sites for hydroxylation is 2. The Morgan fingerprint density at radius 1 is 1.15 bits per heavy atom. The molecule has 0 aliphatic heterocycles. The highest BCUT2D eigenvalue weighted by molar-refractivity contribution is 5.95. The van der Waals surface area contributed by atoms with Gasteiger partial charge in [0.15, 0.2) is 11.3 Å². The van der Waals surface area contributed by atoms with Crippen molar-refractivity contribution >= 4 is 28.4 Å². The van der Waals surface area contributed by atoms with E-state index < -0.39 is 11.2 Å². The monoisotopic (exact) mass is 458 g/mol. The fourth-order valence-corrected chi connectivity index (χ4v) is 3.63. The van der Waals surface area contributed by atoms with Crippen LogP contribution in [0.25, 0.3) is 11.0 Å². The van der Waals surface area contributed by atoms with Crippen LogP contribution in [0.4, 0.5) is 11.5 Å². The van der Waals surface area contributed by atoms with E-state index in [9.17, 15) is 19.2 Å². The highest BCUT2D eigenvalue weighted by atomic mass is 16.2. The van der Waals surface area contributed by atoms with Crippen molar-refractivity contribution in [2.75, 3.05) is 17.2 Å². The van der Waals surface area contributed by atoms with Crippen LogP contribution in [-0.2, 0) is 24.9 Å². The van der Waals surface area contributed by atoms with Crippen molar-refractivity contribution in [3.05, 3.63) is 43.7 Å². The highest BCUT2D eigenvalue weighted by Gasteiger charge is 2.24. The van der Waals surface area contributed by atoms with Crippen LogP contribution >= 0.6 is 0 Å². The van der Waals surface area contributed by atoms with E-state index in [4.69, 9.17) is 5.73 Å². The molecule has 0 spiro atoms. The van der Waals surface area contributed by atoms with E-state index in [1.54, 1.807) is 7.05 Å². The molecule has 12 nitrogen and oxygen atoms in total. The predicted molar refractivity (Wildman–Crippen MR) is 125 cm³/mol. The van der Waals surface area contributed by atoms with Gasteiger partial charge in [-0.25, -0.2) is 9.78 Å². The summed E-state index contributed by atoms with van der Waals surface area (Å²) in [6.45, 7) is 4.62. The first kappa shape index (κ1) is 24.0. The van der Waals surface area contributed by atoms with E-state index in [-0.39, 0.29) is 42.5 Å². The maximum Gasteiger partial charge on any atom is 0.330 e. The van der Waals surface area contributed by atoms with Gasteiger partial charge in [-0.2, -0.15) is 5.10 Å². The molecule has 0 atom stereocenters. The number of hydrogen-bond donors (Lipinski definition) is 2. The van der Waals surface area contributed by atoms with Gasteiger partial charge < -0.3 is 10.6 Å². The van der Waals surface area contributed by atoms with Gasteiger partial charge in [-0.15, -0.1) is 0 Å². The van der Waals surface area contributed by atoms with Crippen LogP contribution in [0, 0.1) is 0 Å². The summed E-state index contributed by atoms with van der Waals surface area (Å²) < 4.78 is 4.13. The van der Waals surface area contributed by atoms with Crippen LogP contribution in [0.1, 0.15) is 46.0 Å². The Morgan fingerprint density at radius 2 is 1.88 bits per heavy atom. The number of aromatic nitrogens is 6. The Kier molecular flexibility index (Phi) is 7.46. The molecule has 3 heterocycles. The second-order valence-corrected chi connectivity index (χ2v) is 7.90. The number of anilines is 2. The molecule has 0 saturated heterocycles. The van der Waals surface area contributed by atoms with Crippen molar-refractivity contribution in [3.63, 3.8) is 0 Å². The molecule has 0 aliphatic rings. The average Bonchev–Trinajstić information content (AvgIpc) is 3.16. The molecule has 3 rings (SSSR count). The summed E-state index contributed by atoms with van der Waals surface area (Å²) >= 11 is 0. The fourth-order valence-electron chi connectivity index (χ4n) is 3.63. The zero-order valence-corrected chi connectivity index (χ0v) is 19.2. The Labute approximate surface area is 189 Å². The molecule has 1 amide bonds. The Hall–Kier alpha value is -3.70. The van der Waals surface area contributed by atoms with Gasteiger partial charge in [0.05, 0.1) is 12.5 Å². The summed E-state index contributed by atoms with van der Waals surface area (Å²) in [7, 11) is 1.69. The SMILES string of the molecule is CCCCN(C(=O)CCn1cnc2c(cnn2C)c1=O)c1c(N)n(CCCC)c(=O)[nH]c1=O. The Bertz CT molecular complexity index is 1320. The van der Waals surface area contributed by atoms with Gasteiger partial charge in [0.1, 0.15) is 11.2 Å². The maximum absolute atomic E-state index is 13.2. The van der Waals surface area contributed by atoms with E-state index in [1.165, 1.54) is 31.2 Å². The first-order chi connectivity index (χ1) is 15.8. The van der Waals surface area contributed by atoms with Crippen molar-refractivity contribution in [1.82, 2.24) is 28.9 Å². The summed E-state index contributed by atoms with van der Waals surface area (Å²) in [4.78, 5) is 58.6. The number of nitrogen functional groups attached to an aromatic ring is 1. The van der Waals surface area contributed by atoms with Crippen LogP contribution in [0.2, 0.25) is 0 Å². The van der Waals surface area contributed by atoms with E-state index >= 15 is 0 Å². The minimum absolute atomic E-state index is 0.0302. The third-order valence-electron chi connectivity index (χ3n) is 5.54. The number of aromatic amines is 1. The number of rotatable bonds is 10. The van der Waals surface area contributed by atoms with Gasteiger partial charge in [-0.05, 0) is 12.8 Å². The van der Waals surface area contributed by atoms with Gasteiger partial charge >= 0.3 is 5.69 Å². The number of nitrogens with one attached hydrogen (secondary N) is 1. The van der Waals surface area contributed by atoms with Crippen molar-refractivity contribution in [1.29, 1.82) is 0 Å². The molecule has 3 aromatic heterocycles. The summed E-state index contributed by atoms with van der Waals surface area (Å²) in [6.07, 6.45) is 5.73. The molecule has 33 heavy (non-hydrogen) atoms. The first-order valence-corrected chi connectivity index (χ1v) is 11.1. The first-order valence-electron chi connectivity index (χ1n) is 11.1. The van der Waals surface area contributed by atoms with Crippen molar-refractivity contribution in [3.8, 4) is 0 Å². The van der Waals surface area contributed by atoms with Crippen molar-refractivity contribution in [2.24, 2.45) is 7.05 Å². The zero-order valence-electron chi connectivity index (χ0n) is 19.2. The predicted octanol–water partition coefficient (Wildman–Crippen LogP) is 0.586. The number of nitrogens with two attached hydrogens (primary N) is 1. The van der Waals surface area contributed by atoms with Crippen LogP contribution < -0.4 is 27.4 Å². The smallest absolute Gasteiger partial charge is 0.330 e. The quantitative estimate of drug-likeness (QED) is 0.450. The number of unbranched alkanes of at least 4 members (excludes halogenated alkanes) is 2. The second kappa shape index (κ2) is 10.3. The second-order valence-electron chi connectivity index (χ2n) is 7.90. The van der Waals surface area contributed by atoms with Gasteiger partial charge in [-0.1, -0.05) is 26.7 Å². The summed E-state index contributed by atoms with van der Waals surface area (Å²) in [6, 6.07) is 0. The minimum Gasteiger partial charge on any atom is -0.383 e. The molecule has 12 heteroatoms. The molecule has 3 aromatic rings. The van der Waals surface area contributed by atoms with E-state index in [0.717, 1.165) is 12.8 Å². The third kappa shape index (κ3) is 4.89. The van der Waals surface area contributed by atoms with E-state index in [1.807, 2.05) is 13.8 Å². The number of amides is 1. The summed E-state index contributed by atoms with van der Waals surface area (Å²) in [5.41, 5.74) is 5.04. The molecule has 0 fully saturated rings. The zero-order chi connectivity index (χ0) is 24.1. The molecule has 3 N–H and O–H groups in total. The van der Waals surface area contributed by atoms with Crippen LogP contribution in [0.5, 0.6) is 0 Å². The van der Waals surface area contributed by atoms with Gasteiger partial charge in [-0.3, -0.25) is 33.2 Å². The molecule has 0 aromatic carbocycles. The molecule has 0 radical (unpaired) electrons. The van der Waals surface area contributed by atoms with Crippen molar-refractivity contribution < 1.29 is 4.79 Å². The number of hydrogen-bond acceptors (Lipinski definition) is 7. The molecule has 178 valence electrons. The normalized spacial score (nSPS) is 11.2. The van der Waals surface area contributed by atoms with Gasteiger partial charge in [0.25, 0.3) is 11.1 Å². The van der Waals surface area contributed by atoms with E-state index in [2.05, 4.69) is 15.1 Å². The fraction of sp³-hybridized carbons (Fsp3) is 0.524. The van der Waals surface area contributed by atoms with Gasteiger partial charge in [0.2, 0.25) is 5.91 Å².